The van der Waals surface area contributed by atoms with Gasteiger partial charge < -0.3 is 23.7 Å². The molecule has 3 aliphatic heterocycles. The van der Waals surface area contributed by atoms with Crippen LogP contribution < -0.4 is 19.8 Å². The van der Waals surface area contributed by atoms with Crippen LogP contribution in [0, 0.1) is 11.3 Å². The molecule has 0 saturated carbocycles. The first-order valence-electron chi connectivity index (χ1n) is 12.9. The molecule has 208 valence electrons. The van der Waals surface area contributed by atoms with Crippen molar-refractivity contribution in [2.75, 3.05) is 55.1 Å². The van der Waals surface area contributed by atoms with Crippen molar-refractivity contribution in [3.63, 3.8) is 0 Å². The summed E-state index contributed by atoms with van der Waals surface area (Å²) < 4.78 is 18.5. The van der Waals surface area contributed by atoms with Gasteiger partial charge in [0.2, 0.25) is 17.6 Å². The van der Waals surface area contributed by atoms with E-state index < -0.39 is 23.3 Å². The van der Waals surface area contributed by atoms with E-state index in [9.17, 15) is 19.2 Å². The Balaban J connectivity index is 1.56. The van der Waals surface area contributed by atoms with Crippen molar-refractivity contribution in [1.29, 1.82) is 0 Å². The van der Waals surface area contributed by atoms with Crippen LogP contribution in [0.5, 0.6) is 17.2 Å². The van der Waals surface area contributed by atoms with Crippen molar-refractivity contribution in [3.05, 3.63) is 51.9 Å². The van der Waals surface area contributed by atoms with Gasteiger partial charge in [0.15, 0.2) is 11.5 Å². The number of amides is 4. The number of ether oxygens (including phenoxy) is 3. The Morgan fingerprint density at radius 3 is 2.18 bits per heavy atom. The van der Waals surface area contributed by atoms with Gasteiger partial charge in [0.05, 0.1) is 21.3 Å². The fraction of sp³-hybridized carbons (Fsp3) is 0.500. The summed E-state index contributed by atoms with van der Waals surface area (Å²) >= 11 is 0. The monoisotopic (exact) mass is 538 g/mol. The molecule has 11 heteroatoms. The summed E-state index contributed by atoms with van der Waals surface area (Å²) in [5, 5.41) is 0. The number of hydrogen-bond acceptors (Lipinski definition) is 8. The Hall–Kier alpha value is -3.86. The minimum absolute atomic E-state index is 0.00195. The van der Waals surface area contributed by atoms with Crippen LogP contribution in [0.2, 0.25) is 0 Å². The van der Waals surface area contributed by atoms with E-state index in [0.717, 1.165) is 21.9 Å². The number of pyridine rings is 1. The summed E-state index contributed by atoms with van der Waals surface area (Å²) in [6.45, 7) is 1.93. The van der Waals surface area contributed by atoms with Crippen LogP contribution in [0.15, 0.2) is 35.1 Å². The highest BCUT2D eigenvalue weighted by Gasteiger charge is 2.57. The first kappa shape index (κ1) is 26.7. The number of likely N-dealkylation sites (tertiary alicyclic amines) is 1. The minimum atomic E-state index is -1.58. The first-order chi connectivity index (χ1) is 18.6. The standard InChI is InChI=1S/C28H34N4O7/c1-29-25(34)28(26(35)30(2)27(29)36,12-18-9-10-21(37-3)24(39-5)23(18)38-4)16-31-13-17-11-19(15-31)20-7-6-8-22(33)32(20)14-17/h6-10,17,19H,11-16H2,1-5H3/t17-,19+/m1/s1. The highest BCUT2D eigenvalue weighted by Crippen LogP contribution is 2.44. The lowest BCUT2D eigenvalue weighted by molar-refractivity contribution is -0.159. The number of fused-ring (bicyclic) bond motifs is 4. The molecule has 0 radical (unpaired) electrons. The van der Waals surface area contributed by atoms with Crippen LogP contribution in [-0.2, 0) is 22.6 Å². The van der Waals surface area contributed by atoms with Crippen LogP contribution in [0.4, 0.5) is 4.79 Å². The molecule has 4 heterocycles. The van der Waals surface area contributed by atoms with Gasteiger partial charge in [-0.2, -0.15) is 0 Å². The number of rotatable bonds is 7. The zero-order chi connectivity index (χ0) is 28.1. The maximum atomic E-state index is 13.9. The van der Waals surface area contributed by atoms with Crippen molar-refractivity contribution in [1.82, 2.24) is 19.3 Å². The van der Waals surface area contributed by atoms with Gasteiger partial charge >= 0.3 is 6.03 Å². The Morgan fingerprint density at radius 2 is 1.54 bits per heavy atom. The maximum Gasteiger partial charge on any atom is 0.332 e. The number of imide groups is 2. The SMILES string of the molecule is COc1ccc(CC2(CN3C[C@H]4C[C@@H](C3)c3cccc(=O)n3C4)C(=O)N(C)C(=O)N(C)C2=O)c(OC)c1OC. The average molecular weight is 539 g/mol. The van der Waals surface area contributed by atoms with E-state index >= 15 is 0 Å². The van der Waals surface area contributed by atoms with Gasteiger partial charge in [-0.05, 0) is 30.0 Å². The van der Waals surface area contributed by atoms with E-state index in [4.69, 9.17) is 14.2 Å². The minimum Gasteiger partial charge on any atom is -0.493 e. The molecule has 39 heavy (non-hydrogen) atoms. The molecule has 2 saturated heterocycles. The van der Waals surface area contributed by atoms with Crippen LogP contribution in [0.1, 0.15) is 23.6 Å². The predicted octanol–water partition coefficient (Wildman–Crippen LogP) is 1.57. The fourth-order valence-corrected chi connectivity index (χ4v) is 6.61. The predicted molar refractivity (Wildman–Crippen MR) is 141 cm³/mol. The third-order valence-corrected chi connectivity index (χ3v) is 8.33. The lowest BCUT2D eigenvalue weighted by Gasteiger charge is -2.48. The molecule has 2 bridgehead atoms. The molecule has 3 aliphatic rings. The molecule has 1 aromatic carbocycles. The molecule has 1 aromatic heterocycles. The van der Waals surface area contributed by atoms with Gasteiger partial charge in [0.25, 0.3) is 5.56 Å². The van der Waals surface area contributed by atoms with E-state index in [2.05, 4.69) is 4.90 Å². The molecule has 0 unspecified atom stereocenters. The number of methoxy groups -OCH3 is 3. The summed E-state index contributed by atoms with van der Waals surface area (Å²) in [4.78, 5) is 57.3. The molecule has 5 rings (SSSR count). The van der Waals surface area contributed by atoms with Crippen LogP contribution in [0.3, 0.4) is 0 Å². The number of barbiturate groups is 1. The summed E-state index contributed by atoms with van der Waals surface area (Å²) in [6, 6.07) is 8.14. The van der Waals surface area contributed by atoms with Gasteiger partial charge in [-0.3, -0.25) is 24.2 Å². The number of carbonyl (C=O) groups is 3. The highest BCUT2D eigenvalue weighted by molar-refractivity contribution is 6.19. The van der Waals surface area contributed by atoms with E-state index in [1.54, 1.807) is 24.3 Å². The molecule has 2 aromatic rings. The second kappa shape index (κ2) is 10.0. The van der Waals surface area contributed by atoms with Gasteiger partial charge in [-0.1, -0.05) is 12.1 Å². The van der Waals surface area contributed by atoms with E-state index in [1.165, 1.54) is 35.4 Å². The molecular formula is C28H34N4O7. The van der Waals surface area contributed by atoms with Gasteiger partial charge in [0.1, 0.15) is 5.41 Å². The van der Waals surface area contributed by atoms with Crippen LogP contribution in [0.25, 0.3) is 0 Å². The van der Waals surface area contributed by atoms with Gasteiger partial charge in [-0.15, -0.1) is 0 Å². The Labute approximate surface area is 226 Å². The fourth-order valence-electron chi connectivity index (χ4n) is 6.61. The lowest BCUT2D eigenvalue weighted by atomic mass is 9.75. The summed E-state index contributed by atoms with van der Waals surface area (Å²) in [5.41, 5.74) is -0.0225. The molecular weight excluding hydrogens is 504 g/mol. The molecule has 0 N–H and O–H groups in total. The van der Waals surface area contributed by atoms with E-state index in [1.807, 2.05) is 10.6 Å². The normalized spacial score (nSPS) is 22.5. The summed E-state index contributed by atoms with van der Waals surface area (Å²) in [5.74, 6) is 0.369. The zero-order valence-electron chi connectivity index (χ0n) is 22.9. The first-order valence-corrected chi connectivity index (χ1v) is 12.9. The molecule has 0 spiro atoms. The largest absolute Gasteiger partial charge is 0.493 e. The van der Waals surface area contributed by atoms with Crippen molar-refractivity contribution < 1.29 is 28.6 Å². The maximum absolute atomic E-state index is 13.9. The number of benzene rings is 1. The number of aromatic nitrogens is 1. The van der Waals surface area contributed by atoms with Crippen molar-refractivity contribution >= 4 is 17.8 Å². The van der Waals surface area contributed by atoms with E-state index in [-0.39, 0.29) is 30.4 Å². The zero-order valence-corrected chi connectivity index (χ0v) is 22.9. The Morgan fingerprint density at radius 1 is 0.846 bits per heavy atom. The topological polar surface area (TPSA) is 111 Å². The van der Waals surface area contributed by atoms with Crippen molar-refractivity contribution in [3.8, 4) is 17.2 Å². The Kier molecular flexibility index (Phi) is 6.88. The lowest BCUT2D eigenvalue weighted by Crippen LogP contribution is -2.67. The molecule has 2 atom stereocenters. The Bertz CT molecular complexity index is 1360. The third-order valence-electron chi connectivity index (χ3n) is 8.33. The third kappa shape index (κ3) is 4.25. The van der Waals surface area contributed by atoms with Crippen molar-refractivity contribution in [2.45, 2.75) is 25.3 Å². The number of nitrogens with zero attached hydrogens (tertiary/aromatic N) is 4. The second-order valence-corrected chi connectivity index (χ2v) is 10.7. The number of carbonyl (C=O) groups excluding carboxylic acids is 3. The molecule has 11 nitrogen and oxygen atoms in total. The highest BCUT2D eigenvalue weighted by atomic mass is 16.5. The molecule has 2 fully saturated rings. The smallest absolute Gasteiger partial charge is 0.332 e. The number of hydrogen-bond donors (Lipinski definition) is 0. The number of urea groups is 1. The van der Waals surface area contributed by atoms with Crippen LogP contribution in [-0.4, -0.2) is 92.2 Å². The summed E-state index contributed by atoms with van der Waals surface area (Å²) in [6.07, 6.45) is 0.939. The average Bonchev–Trinajstić information content (AvgIpc) is 2.94. The van der Waals surface area contributed by atoms with Gasteiger partial charge in [-0.25, -0.2) is 4.79 Å². The van der Waals surface area contributed by atoms with Gasteiger partial charge in [0, 0.05) is 64.4 Å². The second-order valence-electron chi connectivity index (χ2n) is 10.7. The molecule has 0 aliphatic carbocycles. The molecule has 4 amide bonds. The van der Waals surface area contributed by atoms with E-state index in [0.29, 0.717) is 42.4 Å². The summed E-state index contributed by atoms with van der Waals surface area (Å²) in [7, 11) is 7.31. The van der Waals surface area contributed by atoms with Crippen LogP contribution >= 0.6 is 0 Å². The quantitative estimate of drug-likeness (QED) is 0.489. The number of piperidine rings is 1. The van der Waals surface area contributed by atoms with Crippen molar-refractivity contribution in [2.24, 2.45) is 11.3 Å².